The molecule has 0 saturated heterocycles. The maximum atomic E-state index is 12.9. The zero-order valence-corrected chi connectivity index (χ0v) is 14.9. The first-order valence-corrected chi connectivity index (χ1v) is 9.66. The smallest absolute Gasteiger partial charge is 0.314 e. The van der Waals surface area contributed by atoms with Crippen LogP contribution in [0.2, 0.25) is 0 Å². The third kappa shape index (κ3) is 6.62. The van der Waals surface area contributed by atoms with Crippen molar-refractivity contribution in [2.75, 3.05) is 0 Å². The molecule has 2 nitrogen and oxygen atoms in total. The predicted molar refractivity (Wildman–Crippen MR) is 95.5 cm³/mol. The van der Waals surface area contributed by atoms with Crippen molar-refractivity contribution < 1.29 is 13.9 Å². The van der Waals surface area contributed by atoms with E-state index in [4.69, 9.17) is 4.74 Å². The lowest BCUT2D eigenvalue weighted by molar-refractivity contribution is -0.140. The van der Waals surface area contributed by atoms with Crippen molar-refractivity contribution in [3.8, 4) is 5.75 Å². The zero-order chi connectivity index (χ0) is 17.2. The summed E-state index contributed by atoms with van der Waals surface area (Å²) in [6.45, 7) is 2.25. The van der Waals surface area contributed by atoms with Gasteiger partial charge in [0.25, 0.3) is 0 Å². The third-order valence-corrected chi connectivity index (χ3v) is 5.18. The molecule has 2 rings (SSSR count). The molecule has 24 heavy (non-hydrogen) atoms. The Balaban J connectivity index is 1.61. The lowest BCUT2D eigenvalue weighted by Gasteiger charge is -2.27. The Hall–Kier alpha value is -1.38. The molecule has 0 amide bonds. The van der Waals surface area contributed by atoms with Gasteiger partial charge < -0.3 is 4.74 Å². The molecule has 0 aromatic heterocycles. The van der Waals surface area contributed by atoms with Gasteiger partial charge in [-0.05, 0) is 55.9 Å². The van der Waals surface area contributed by atoms with Gasteiger partial charge >= 0.3 is 5.97 Å². The molecule has 0 unspecified atom stereocenters. The summed E-state index contributed by atoms with van der Waals surface area (Å²) < 4.78 is 18.2. The van der Waals surface area contributed by atoms with E-state index in [1.807, 2.05) is 0 Å². The standard InChI is InChI=1S/C21H31FO2/c1-2-3-4-5-6-7-8-17-9-11-18(12-10-17)21(23)24-20-15-13-19(22)14-16-20/h13-18H,2-12H2,1H3. The first kappa shape index (κ1) is 19.0. The summed E-state index contributed by atoms with van der Waals surface area (Å²) in [6, 6.07) is 5.66. The number of hydrogen-bond acceptors (Lipinski definition) is 2. The minimum atomic E-state index is -0.315. The van der Waals surface area contributed by atoms with Crippen LogP contribution in [-0.2, 0) is 4.79 Å². The van der Waals surface area contributed by atoms with Crippen LogP contribution >= 0.6 is 0 Å². The molecule has 0 bridgehead atoms. The number of unbranched alkanes of at least 4 members (excludes halogenated alkanes) is 5. The largest absolute Gasteiger partial charge is 0.426 e. The van der Waals surface area contributed by atoms with Crippen LogP contribution in [0.25, 0.3) is 0 Å². The highest BCUT2D eigenvalue weighted by molar-refractivity contribution is 5.75. The molecule has 1 aromatic rings. The summed E-state index contributed by atoms with van der Waals surface area (Å²) in [7, 11) is 0. The average molecular weight is 334 g/mol. The fourth-order valence-corrected chi connectivity index (χ4v) is 3.60. The van der Waals surface area contributed by atoms with Gasteiger partial charge in [0.2, 0.25) is 0 Å². The lowest BCUT2D eigenvalue weighted by Crippen LogP contribution is -2.25. The molecule has 1 fully saturated rings. The molecule has 0 N–H and O–H groups in total. The van der Waals surface area contributed by atoms with Crippen LogP contribution in [0.1, 0.15) is 77.6 Å². The van der Waals surface area contributed by atoms with Crippen molar-refractivity contribution in [2.45, 2.75) is 77.6 Å². The third-order valence-electron chi connectivity index (χ3n) is 5.18. The Labute approximate surface area is 145 Å². The Kier molecular flexibility index (Phi) is 8.27. The molecule has 134 valence electrons. The van der Waals surface area contributed by atoms with Gasteiger partial charge in [0.1, 0.15) is 11.6 Å². The predicted octanol–water partition coefficient (Wildman–Crippen LogP) is 6.29. The second-order valence-corrected chi connectivity index (χ2v) is 7.15. The van der Waals surface area contributed by atoms with Gasteiger partial charge in [0.05, 0.1) is 5.92 Å². The molecule has 1 saturated carbocycles. The van der Waals surface area contributed by atoms with Gasteiger partial charge in [0.15, 0.2) is 0 Å². The normalized spacial score (nSPS) is 20.8. The van der Waals surface area contributed by atoms with Crippen LogP contribution in [0.3, 0.4) is 0 Å². The summed E-state index contributed by atoms with van der Waals surface area (Å²) in [5.74, 6) is 0.766. The van der Waals surface area contributed by atoms with Crippen LogP contribution in [0.4, 0.5) is 4.39 Å². The highest BCUT2D eigenvalue weighted by Crippen LogP contribution is 2.33. The molecule has 0 spiro atoms. The van der Waals surface area contributed by atoms with E-state index in [-0.39, 0.29) is 17.7 Å². The monoisotopic (exact) mass is 334 g/mol. The Morgan fingerprint density at radius 2 is 1.62 bits per heavy atom. The van der Waals surface area contributed by atoms with E-state index >= 15 is 0 Å². The maximum Gasteiger partial charge on any atom is 0.314 e. The van der Waals surface area contributed by atoms with Crippen molar-refractivity contribution >= 4 is 5.97 Å². The van der Waals surface area contributed by atoms with E-state index < -0.39 is 0 Å². The van der Waals surface area contributed by atoms with Gasteiger partial charge in [-0.25, -0.2) is 4.39 Å². The van der Waals surface area contributed by atoms with Gasteiger partial charge in [-0.2, -0.15) is 0 Å². The number of halogens is 1. The van der Waals surface area contributed by atoms with Crippen LogP contribution in [0.15, 0.2) is 24.3 Å². The van der Waals surface area contributed by atoms with Gasteiger partial charge in [-0.15, -0.1) is 0 Å². The Bertz CT molecular complexity index is 475. The van der Waals surface area contributed by atoms with E-state index in [0.717, 1.165) is 31.6 Å². The molecule has 0 heterocycles. The summed E-state index contributed by atoms with van der Waals surface area (Å²) in [4.78, 5) is 12.2. The summed E-state index contributed by atoms with van der Waals surface area (Å²) >= 11 is 0. The van der Waals surface area contributed by atoms with E-state index in [0.29, 0.717) is 5.75 Å². The molecule has 0 radical (unpaired) electrons. The van der Waals surface area contributed by atoms with E-state index in [9.17, 15) is 9.18 Å². The van der Waals surface area contributed by atoms with Crippen molar-refractivity contribution in [2.24, 2.45) is 11.8 Å². The van der Waals surface area contributed by atoms with Gasteiger partial charge in [-0.3, -0.25) is 4.79 Å². The molecule has 1 aromatic carbocycles. The molecular weight excluding hydrogens is 303 g/mol. The van der Waals surface area contributed by atoms with Gasteiger partial charge in [-0.1, -0.05) is 51.9 Å². The van der Waals surface area contributed by atoms with Crippen molar-refractivity contribution in [1.82, 2.24) is 0 Å². The molecule has 0 atom stereocenters. The van der Waals surface area contributed by atoms with Gasteiger partial charge in [0, 0.05) is 0 Å². The van der Waals surface area contributed by atoms with Crippen molar-refractivity contribution in [1.29, 1.82) is 0 Å². The SMILES string of the molecule is CCCCCCCCC1CCC(C(=O)Oc2ccc(F)cc2)CC1. The lowest BCUT2D eigenvalue weighted by atomic mass is 9.80. The van der Waals surface area contributed by atoms with E-state index in [1.165, 1.54) is 69.2 Å². The molecule has 3 heteroatoms. The minimum Gasteiger partial charge on any atom is -0.426 e. The van der Waals surface area contributed by atoms with Crippen molar-refractivity contribution in [3.63, 3.8) is 0 Å². The quantitative estimate of drug-likeness (QED) is 0.301. The van der Waals surface area contributed by atoms with Crippen LogP contribution in [0, 0.1) is 17.7 Å². The molecule has 0 aliphatic heterocycles. The Morgan fingerprint density at radius 3 is 2.29 bits per heavy atom. The second-order valence-electron chi connectivity index (χ2n) is 7.15. The number of carbonyl (C=O) groups is 1. The van der Waals surface area contributed by atoms with E-state index in [2.05, 4.69) is 6.92 Å². The maximum absolute atomic E-state index is 12.9. The molecule has 1 aliphatic rings. The first-order valence-electron chi connectivity index (χ1n) is 9.66. The highest BCUT2D eigenvalue weighted by atomic mass is 19.1. The topological polar surface area (TPSA) is 26.3 Å². The summed E-state index contributed by atoms with van der Waals surface area (Å²) in [5, 5.41) is 0. The fourth-order valence-electron chi connectivity index (χ4n) is 3.60. The zero-order valence-electron chi connectivity index (χ0n) is 14.9. The Morgan fingerprint density at radius 1 is 1.00 bits per heavy atom. The number of esters is 1. The highest BCUT2D eigenvalue weighted by Gasteiger charge is 2.27. The molecular formula is C21H31FO2. The van der Waals surface area contributed by atoms with Crippen LogP contribution < -0.4 is 4.74 Å². The van der Waals surface area contributed by atoms with E-state index in [1.54, 1.807) is 0 Å². The van der Waals surface area contributed by atoms with Crippen molar-refractivity contribution in [3.05, 3.63) is 30.1 Å². The number of rotatable bonds is 9. The van der Waals surface area contributed by atoms with Crippen LogP contribution in [-0.4, -0.2) is 5.97 Å². The summed E-state index contributed by atoms with van der Waals surface area (Å²) in [5.41, 5.74) is 0. The fraction of sp³-hybridized carbons (Fsp3) is 0.667. The number of ether oxygens (including phenoxy) is 1. The summed E-state index contributed by atoms with van der Waals surface area (Å²) in [6.07, 6.45) is 13.5. The first-order chi connectivity index (χ1) is 11.7. The van der Waals surface area contributed by atoms with Crippen LogP contribution in [0.5, 0.6) is 5.75 Å². The number of benzene rings is 1. The number of carbonyl (C=O) groups excluding carboxylic acids is 1. The minimum absolute atomic E-state index is 0.0101. The second kappa shape index (κ2) is 10.5. The molecule has 1 aliphatic carbocycles. The average Bonchev–Trinajstić information content (AvgIpc) is 2.60. The number of hydrogen-bond donors (Lipinski definition) is 0.